The van der Waals surface area contributed by atoms with Gasteiger partial charge in [0.1, 0.15) is 5.75 Å². The fraction of sp³-hybridized carbons (Fsp3) is 0.471. The van der Waals surface area contributed by atoms with Crippen LogP contribution in [0, 0.1) is 6.92 Å². The van der Waals surface area contributed by atoms with Crippen molar-refractivity contribution in [2.45, 2.75) is 52.6 Å². The van der Waals surface area contributed by atoms with Crippen molar-refractivity contribution in [2.24, 2.45) is 5.73 Å². The summed E-state index contributed by atoms with van der Waals surface area (Å²) >= 11 is 0. The van der Waals surface area contributed by atoms with Gasteiger partial charge in [-0.2, -0.15) is 5.10 Å². The van der Waals surface area contributed by atoms with Gasteiger partial charge in [0.05, 0.1) is 12.4 Å². The molecule has 0 saturated carbocycles. The molecule has 21 heavy (non-hydrogen) atoms. The Hall–Kier alpha value is -1.81. The predicted molar refractivity (Wildman–Crippen MR) is 85.8 cm³/mol. The molecule has 0 aliphatic carbocycles. The normalized spacial score (nSPS) is 12.7. The molecule has 1 aromatic heterocycles. The summed E-state index contributed by atoms with van der Waals surface area (Å²) in [5, 5.41) is 4.28. The van der Waals surface area contributed by atoms with Gasteiger partial charge in [0, 0.05) is 12.1 Å². The number of nitrogens with two attached hydrogens (primary N) is 1. The third kappa shape index (κ3) is 4.08. The number of benzene rings is 1. The topological polar surface area (TPSA) is 53.1 Å². The van der Waals surface area contributed by atoms with E-state index in [4.69, 9.17) is 10.5 Å². The van der Waals surface area contributed by atoms with Crippen LogP contribution in [0.15, 0.2) is 30.6 Å². The van der Waals surface area contributed by atoms with Gasteiger partial charge in [-0.3, -0.25) is 4.68 Å². The number of aromatic nitrogens is 2. The second-order valence-electron chi connectivity index (χ2n) is 5.82. The fourth-order valence-electron chi connectivity index (χ4n) is 2.18. The predicted octanol–water partition coefficient (Wildman–Crippen LogP) is 3.84. The Morgan fingerprint density at radius 1 is 1.33 bits per heavy atom. The molecule has 1 atom stereocenters. The largest absolute Gasteiger partial charge is 0.454 e. The highest BCUT2D eigenvalue weighted by atomic mass is 16.5. The van der Waals surface area contributed by atoms with Crippen LogP contribution in [-0.2, 0) is 6.42 Å². The number of ether oxygens (including phenoxy) is 1. The number of hydrogen-bond acceptors (Lipinski definition) is 3. The molecule has 0 radical (unpaired) electrons. The van der Waals surface area contributed by atoms with E-state index in [0.717, 1.165) is 29.9 Å². The van der Waals surface area contributed by atoms with E-state index in [1.54, 1.807) is 6.20 Å². The standard InChI is InChI=1S/C17H25N3O/c1-5-15(18)9-14-6-7-17(13(4)8-14)21-16-10-19-20(11-16)12(2)3/h6-8,10-12,15H,5,9,18H2,1-4H3. The van der Waals surface area contributed by atoms with Crippen molar-refractivity contribution in [3.8, 4) is 11.5 Å². The quantitative estimate of drug-likeness (QED) is 0.878. The molecule has 1 aromatic carbocycles. The third-order valence-corrected chi connectivity index (χ3v) is 3.60. The van der Waals surface area contributed by atoms with Gasteiger partial charge in [-0.05, 0) is 50.8 Å². The van der Waals surface area contributed by atoms with Crippen LogP contribution >= 0.6 is 0 Å². The van der Waals surface area contributed by atoms with Gasteiger partial charge >= 0.3 is 0 Å². The molecule has 0 bridgehead atoms. The maximum absolute atomic E-state index is 6.01. The average molecular weight is 287 g/mol. The molecule has 114 valence electrons. The molecule has 0 aliphatic heterocycles. The Morgan fingerprint density at radius 3 is 2.67 bits per heavy atom. The zero-order valence-electron chi connectivity index (χ0n) is 13.3. The molecule has 0 aliphatic rings. The van der Waals surface area contributed by atoms with Crippen molar-refractivity contribution in [3.05, 3.63) is 41.7 Å². The summed E-state index contributed by atoms with van der Waals surface area (Å²) in [6.45, 7) is 8.35. The van der Waals surface area contributed by atoms with E-state index in [0.29, 0.717) is 6.04 Å². The minimum Gasteiger partial charge on any atom is -0.454 e. The monoisotopic (exact) mass is 287 g/mol. The van der Waals surface area contributed by atoms with Crippen LogP contribution in [0.4, 0.5) is 0 Å². The molecular formula is C17H25N3O. The lowest BCUT2D eigenvalue weighted by Crippen LogP contribution is -2.21. The lowest BCUT2D eigenvalue weighted by atomic mass is 10.0. The van der Waals surface area contributed by atoms with Gasteiger partial charge in [-0.1, -0.05) is 19.1 Å². The van der Waals surface area contributed by atoms with Crippen LogP contribution in [0.5, 0.6) is 11.5 Å². The van der Waals surface area contributed by atoms with Gasteiger partial charge < -0.3 is 10.5 Å². The maximum atomic E-state index is 6.01. The molecule has 2 aromatic rings. The molecule has 1 heterocycles. The molecule has 4 heteroatoms. The fourth-order valence-corrected chi connectivity index (χ4v) is 2.18. The number of rotatable bonds is 6. The summed E-state index contributed by atoms with van der Waals surface area (Å²) in [4.78, 5) is 0. The number of aryl methyl sites for hydroxylation is 1. The minimum absolute atomic E-state index is 0.223. The first-order valence-electron chi connectivity index (χ1n) is 7.56. The molecule has 2 rings (SSSR count). The Balaban J connectivity index is 2.09. The van der Waals surface area contributed by atoms with Crippen LogP contribution in [0.3, 0.4) is 0 Å². The van der Waals surface area contributed by atoms with Crippen molar-refractivity contribution < 1.29 is 4.74 Å². The van der Waals surface area contributed by atoms with Crippen molar-refractivity contribution in [3.63, 3.8) is 0 Å². The Morgan fingerprint density at radius 2 is 2.10 bits per heavy atom. The van der Waals surface area contributed by atoms with Crippen molar-refractivity contribution in [1.82, 2.24) is 9.78 Å². The van der Waals surface area contributed by atoms with E-state index in [-0.39, 0.29) is 6.04 Å². The van der Waals surface area contributed by atoms with E-state index < -0.39 is 0 Å². The highest BCUT2D eigenvalue weighted by Gasteiger charge is 2.08. The molecule has 0 spiro atoms. The van der Waals surface area contributed by atoms with Crippen molar-refractivity contribution >= 4 is 0 Å². The molecular weight excluding hydrogens is 262 g/mol. The lowest BCUT2D eigenvalue weighted by molar-refractivity contribution is 0.473. The molecule has 0 fully saturated rings. The van der Waals surface area contributed by atoms with Gasteiger partial charge in [-0.25, -0.2) is 0 Å². The summed E-state index contributed by atoms with van der Waals surface area (Å²) in [6, 6.07) is 6.81. The highest BCUT2D eigenvalue weighted by Crippen LogP contribution is 2.26. The molecule has 4 nitrogen and oxygen atoms in total. The highest BCUT2D eigenvalue weighted by molar-refractivity contribution is 5.39. The van der Waals surface area contributed by atoms with E-state index in [1.807, 2.05) is 16.9 Å². The maximum Gasteiger partial charge on any atom is 0.165 e. The second-order valence-corrected chi connectivity index (χ2v) is 5.82. The smallest absolute Gasteiger partial charge is 0.165 e. The molecule has 0 saturated heterocycles. The summed E-state index contributed by atoms with van der Waals surface area (Å²) in [6.07, 6.45) is 5.57. The van der Waals surface area contributed by atoms with Crippen LogP contribution in [0.1, 0.15) is 44.4 Å². The summed E-state index contributed by atoms with van der Waals surface area (Å²) in [5.41, 5.74) is 8.38. The van der Waals surface area contributed by atoms with Crippen molar-refractivity contribution in [1.29, 1.82) is 0 Å². The zero-order valence-corrected chi connectivity index (χ0v) is 13.3. The average Bonchev–Trinajstić information content (AvgIpc) is 2.90. The van der Waals surface area contributed by atoms with E-state index in [2.05, 4.69) is 44.9 Å². The van der Waals surface area contributed by atoms with E-state index in [9.17, 15) is 0 Å². The van der Waals surface area contributed by atoms with Crippen LogP contribution < -0.4 is 10.5 Å². The molecule has 0 amide bonds. The first kappa shape index (κ1) is 15.6. The zero-order chi connectivity index (χ0) is 15.4. The molecule has 2 N–H and O–H groups in total. The summed E-state index contributed by atoms with van der Waals surface area (Å²) in [7, 11) is 0. The van der Waals surface area contributed by atoms with Gasteiger partial charge in [0.15, 0.2) is 5.75 Å². The van der Waals surface area contributed by atoms with Crippen molar-refractivity contribution in [2.75, 3.05) is 0 Å². The van der Waals surface area contributed by atoms with Gasteiger partial charge in [-0.15, -0.1) is 0 Å². The van der Waals surface area contributed by atoms with E-state index in [1.165, 1.54) is 5.56 Å². The number of hydrogen-bond donors (Lipinski definition) is 1. The Labute approximate surface area is 126 Å². The van der Waals surface area contributed by atoms with Gasteiger partial charge in [0.2, 0.25) is 0 Å². The Bertz CT molecular complexity index is 589. The summed E-state index contributed by atoms with van der Waals surface area (Å²) in [5.74, 6) is 1.64. The second kappa shape index (κ2) is 6.76. The first-order valence-corrected chi connectivity index (χ1v) is 7.56. The molecule has 1 unspecified atom stereocenters. The third-order valence-electron chi connectivity index (χ3n) is 3.60. The van der Waals surface area contributed by atoms with Crippen LogP contribution in [-0.4, -0.2) is 15.8 Å². The lowest BCUT2D eigenvalue weighted by Gasteiger charge is -2.12. The first-order chi connectivity index (χ1) is 9.99. The van der Waals surface area contributed by atoms with Crippen LogP contribution in [0.2, 0.25) is 0 Å². The summed E-state index contributed by atoms with van der Waals surface area (Å²) < 4.78 is 7.80. The van der Waals surface area contributed by atoms with Gasteiger partial charge in [0.25, 0.3) is 0 Å². The van der Waals surface area contributed by atoms with Crippen LogP contribution in [0.25, 0.3) is 0 Å². The number of nitrogens with zero attached hydrogens (tertiary/aromatic N) is 2. The minimum atomic E-state index is 0.223. The van der Waals surface area contributed by atoms with E-state index >= 15 is 0 Å². The Kier molecular flexibility index (Phi) is 5.02. The SMILES string of the molecule is CCC(N)Cc1ccc(Oc2cnn(C(C)C)c2)c(C)c1.